The van der Waals surface area contributed by atoms with Crippen molar-refractivity contribution in [1.82, 2.24) is 4.90 Å². The van der Waals surface area contributed by atoms with Gasteiger partial charge >= 0.3 is 0 Å². The molecular formula is C13H13FNO3-. The number of hydrogen-bond donors (Lipinski definition) is 0. The average molecular weight is 250 g/mol. The number of halogens is 1. The lowest BCUT2D eigenvalue weighted by molar-refractivity contribution is -0.311. The van der Waals surface area contributed by atoms with Crippen LogP contribution in [0.3, 0.4) is 0 Å². The summed E-state index contributed by atoms with van der Waals surface area (Å²) >= 11 is 0. The van der Waals surface area contributed by atoms with Gasteiger partial charge in [-0.2, -0.15) is 0 Å². The number of carboxylic acid groups (broad SMARTS) is 1. The maximum atomic E-state index is 12.7. The fraction of sp³-hybridized carbons (Fsp3) is 0.385. The Morgan fingerprint density at radius 1 is 1.39 bits per heavy atom. The fourth-order valence-electron chi connectivity index (χ4n) is 2.06. The highest BCUT2D eigenvalue weighted by atomic mass is 19.1. The third-order valence-electron chi connectivity index (χ3n) is 3.13. The third-order valence-corrected chi connectivity index (χ3v) is 3.13. The zero-order chi connectivity index (χ0) is 13.1. The summed E-state index contributed by atoms with van der Waals surface area (Å²) in [5, 5.41) is 10.7. The molecule has 0 unspecified atom stereocenters. The fourth-order valence-corrected chi connectivity index (χ4v) is 2.06. The number of rotatable bonds is 4. The first-order valence-electron chi connectivity index (χ1n) is 5.79. The molecule has 1 aliphatic heterocycles. The van der Waals surface area contributed by atoms with Crippen molar-refractivity contribution in [2.75, 3.05) is 13.1 Å². The summed E-state index contributed by atoms with van der Waals surface area (Å²) in [6.07, 6.45) is 0.609. The predicted molar refractivity (Wildman–Crippen MR) is 59.8 cm³/mol. The first kappa shape index (κ1) is 12.5. The van der Waals surface area contributed by atoms with E-state index >= 15 is 0 Å². The van der Waals surface area contributed by atoms with Crippen LogP contribution in [-0.4, -0.2) is 29.9 Å². The van der Waals surface area contributed by atoms with Crippen molar-refractivity contribution in [3.05, 3.63) is 35.6 Å². The maximum absolute atomic E-state index is 12.7. The Kier molecular flexibility index (Phi) is 3.60. The van der Waals surface area contributed by atoms with E-state index in [4.69, 9.17) is 0 Å². The minimum Gasteiger partial charge on any atom is -0.550 e. The molecule has 0 spiro atoms. The Balaban J connectivity index is 1.89. The molecule has 5 heteroatoms. The van der Waals surface area contributed by atoms with Gasteiger partial charge in [0.05, 0.1) is 0 Å². The van der Waals surface area contributed by atoms with Crippen molar-refractivity contribution in [3.8, 4) is 0 Å². The van der Waals surface area contributed by atoms with Gasteiger partial charge in [0.1, 0.15) is 5.82 Å². The molecule has 1 aromatic rings. The van der Waals surface area contributed by atoms with Gasteiger partial charge in [0.2, 0.25) is 5.91 Å². The Morgan fingerprint density at radius 2 is 2.06 bits per heavy atom. The lowest BCUT2D eigenvalue weighted by atomic mass is 10.1. The van der Waals surface area contributed by atoms with Gasteiger partial charge in [0.15, 0.2) is 0 Å². The molecule has 0 N–H and O–H groups in total. The number of benzene rings is 1. The van der Waals surface area contributed by atoms with Crippen molar-refractivity contribution in [2.45, 2.75) is 12.8 Å². The lowest BCUT2D eigenvalue weighted by Gasteiger charge is -2.16. The van der Waals surface area contributed by atoms with E-state index < -0.39 is 11.9 Å². The maximum Gasteiger partial charge on any atom is 0.223 e. The summed E-state index contributed by atoms with van der Waals surface area (Å²) in [5.74, 6) is -2.34. The zero-order valence-electron chi connectivity index (χ0n) is 9.77. The highest BCUT2D eigenvalue weighted by Gasteiger charge is 2.29. The molecule has 2 rings (SSSR count). The number of carbonyl (C=O) groups excluding carboxylic acids is 2. The minimum absolute atomic E-state index is 0.0196. The van der Waals surface area contributed by atoms with Crippen LogP contribution in [0.25, 0.3) is 0 Å². The Hall–Kier alpha value is -1.91. The Labute approximate surface area is 104 Å². The average Bonchev–Trinajstić information content (AvgIpc) is 2.70. The summed E-state index contributed by atoms with van der Waals surface area (Å²) in [4.78, 5) is 23.7. The van der Waals surface area contributed by atoms with Crippen LogP contribution in [0.2, 0.25) is 0 Å². The molecule has 0 radical (unpaired) electrons. The van der Waals surface area contributed by atoms with Gasteiger partial charge < -0.3 is 14.8 Å². The zero-order valence-corrected chi connectivity index (χ0v) is 9.77. The molecule has 1 heterocycles. The number of hydrogen-bond acceptors (Lipinski definition) is 3. The van der Waals surface area contributed by atoms with E-state index in [0.29, 0.717) is 13.0 Å². The van der Waals surface area contributed by atoms with Crippen molar-refractivity contribution in [1.29, 1.82) is 0 Å². The quantitative estimate of drug-likeness (QED) is 0.753. The number of carboxylic acids is 1. The summed E-state index contributed by atoms with van der Waals surface area (Å²) in [6.45, 7) is 0.663. The standard InChI is InChI=1S/C13H14FNO3/c14-11-3-1-9(2-4-11)5-6-15-8-10(13(17)18)7-12(15)16/h1-4,10H,5-8H2,(H,17,18)/p-1/t10-/m0/s1. The highest BCUT2D eigenvalue weighted by Crippen LogP contribution is 2.17. The van der Waals surface area contributed by atoms with Crippen LogP contribution in [0, 0.1) is 11.7 Å². The molecule has 18 heavy (non-hydrogen) atoms. The summed E-state index contributed by atoms with van der Waals surface area (Å²) < 4.78 is 12.7. The third kappa shape index (κ3) is 2.85. The lowest BCUT2D eigenvalue weighted by Crippen LogP contribution is -2.34. The minimum atomic E-state index is -1.17. The topological polar surface area (TPSA) is 60.4 Å². The van der Waals surface area contributed by atoms with E-state index in [1.807, 2.05) is 0 Å². The van der Waals surface area contributed by atoms with Crippen LogP contribution >= 0.6 is 0 Å². The van der Waals surface area contributed by atoms with Crippen LogP contribution < -0.4 is 5.11 Å². The van der Waals surface area contributed by atoms with E-state index in [9.17, 15) is 19.1 Å². The molecule has 1 fully saturated rings. The molecule has 1 saturated heterocycles. The van der Waals surface area contributed by atoms with Crippen molar-refractivity contribution < 1.29 is 19.1 Å². The molecule has 4 nitrogen and oxygen atoms in total. The number of carbonyl (C=O) groups is 2. The highest BCUT2D eigenvalue weighted by molar-refractivity contribution is 5.85. The number of likely N-dealkylation sites (tertiary alicyclic amines) is 1. The van der Waals surface area contributed by atoms with Gasteiger partial charge in [0, 0.05) is 31.4 Å². The molecular weight excluding hydrogens is 237 g/mol. The van der Waals surface area contributed by atoms with Gasteiger partial charge in [-0.3, -0.25) is 4.79 Å². The van der Waals surface area contributed by atoms with Gasteiger partial charge in [-0.05, 0) is 24.1 Å². The van der Waals surface area contributed by atoms with E-state index in [0.717, 1.165) is 5.56 Å². The molecule has 1 atom stereocenters. The molecule has 0 aliphatic carbocycles. The second-order valence-corrected chi connectivity index (χ2v) is 4.44. The molecule has 1 aromatic carbocycles. The van der Waals surface area contributed by atoms with Gasteiger partial charge in [-0.25, -0.2) is 4.39 Å². The summed E-state index contributed by atoms with van der Waals surface area (Å²) in [5.41, 5.74) is 0.918. The first-order valence-corrected chi connectivity index (χ1v) is 5.79. The predicted octanol–water partition coefficient (Wildman–Crippen LogP) is -0.0334. The normalized spacial score (nSPS) is 19.3. The van der Waals surface area contributed by atoms with Crippen LogP contribution in [-0.2, 0) is 16.0 Å². The molecule has 0 aromatic heterocycles. The number of aliphatic carboxylic acids is 1. The largest absolute Gasteiger partial charge is 0.550 e. The molecule has 1 aliphatic rings. The van der Waals surface area contributed by atoms with Crippen molar-refractivity contribution in [2.24, 2.45) is 5.92 Å². The van der Waals surface area contributed by atoms with E-state index in [1.165, 1.54) is 17.0 Å². The van der Waals surface area contributed by atoms with Crippen molar-refractivity contribution >= 4 is 11.9 Å². The Morgan fingerprint density at radius 3 is 2.61 bits per heavy atom. The van der Waals surface area contributed by atoms with Gasteiger partial charge in [-0.1, -0.05) is 12.1 Å². The van der Waals surface area contributed by atoms with E-state index in [1.54, 1.807) is 12.1 Å². The SMILES string of the molecule is O=C([O-])[C@H]1CC(=O)N(CCc2ccc(F)cc2)C1. The Bertz CT molecular complexity index is 458. The summed E-state index contributed by atoms with van der Waals surface area (Å²) in [6, 6.07) is 6.05. The smallest absolute Gasteiger partial charge is 0.223 e. The molecule has 1 amide bonds. The first-order chi connectivity index (χ1) is 8.56. The molecule has 96 valence electrons. The second kappa shape index (κ2) is 5.16. The molecule has 0 saturated carbocycles. The van der Waals surface area contributed by atoms with Crippen molar-refractivity contribution in [3.63, 3.8) is 0 Å². The molecule has 0 bridgehead atoms. The monoisotopic (exact) mass is 250 g/mol. The summed E-state index contributed by atoms with van der Waals surface area (Å²) in [7, 11) is 0. The van der Waals surface area contributed by atoms with E-state index in [2.05, 4.69) is 0 Å². The number of amides is 1. The second-order valence-electron chi connectivity index (χ2n) is 4.44. The van der Waals surface area contributed by atoms with Crippen LogP contribution in [0.5, 0.6) is 0 Å². The van der Waals surface area contributed by atoms with E-state index in [-0.39, 0.29) is 24.7 Å². The number of nitrogens with zero attached hydrogens (tertiary/aromatic N) is 1. The van der Waals surface area contributed by atoms with Gasteiger partial charge in [-0.15, -0.1) is 0 Å². The van der Waals surface area contributed by atoms with Crippen LogP contribution in [0.4, 0.5) is 4.39 Å². The van der Waals surface area contributed by atoms with Crippen LogP contribution in [0.1, 0.15) is 12.0 Å². The van der Waals surface area contributed by atoms with Gasteiger partial charge in [0.25, 0.3) is 0 Å². The van der Waals surface area contributed by atoms with Crippen LogP contribution in [0.15, 0.2) is 24.3 Å².